The third-order valence-electron chi connectivity index (χ3n) is 5.78. The van der Waals surface area contributed by atoms with Crippen LogP contribution < -0.4 is 10.6 Å². The Kier molecular flexibility index (Phi) is 5.86. The van der Waals surface area contributed by atoms with Crippen LogP contribution in [0.15, 0.2) is 36.7 Å². The zero-order chi connectivity index (χ0) is 21.4. The molecule has 158 valence electrons. The molecule has 0 bridgehead atoms. The molecule has 7 heteroatoms. The van der Waals surface area contributed by atoms with Crippen LogP contribution in [0.3, 0.4) is 0 Å². The predicted octanol–water partition coefficient (Wildman–Crippen LogP) is 3.38. The van der Waals surface area contributed by atoms with Crippen molar-refractivity contribution in [3.63, 3.8) is 0 Å². The van der Waals surface area contributed by atoms with Crippen LogP contribution in [0.5, 0.6) is 0 Å². The molecule has 1 aliphatic rings. The molecule has 1 fully saturated rings. The lowest BCUT2D eigenvalue weighted by atomic mass is 9.92. The monoisotopic (exact) mass is 424 g/mol. The number of carbonyl (C=O) groups is 1. The van der Waals surface area contributed by atoms with Crippen molar-refractivity contribution in [3.05, 3.63) is 52.8 Å². The second-order valence-electron chi connectivity index (χ2n) is 8.52. The normalized spacial score (nSPS) is 22.1. The van der Waals surface area contributed by atoms with E-state index < -0.39 is 6.10 Å². The number of nitrogens with two attached hydrogens (primary N) is 1. The summed E-state index contributed by atoms with van der Waals surface area (Å²) in [5.41, 5.74) is 9.29. The summed E-state index contributed by atoms with van der Waals surface area (Å²) in [4.78, 5) is 25.3. The number of aliphatic hydroxyl groups excluding tert-OH is 1. The van der Waals surface area contributed by atoms with E-state index in [-0.39, 0.29) is 24.2 Å². The van der Waals surface area contributed by atoms with Gasteiger partial charge in [0.05, 0.1) is 16.3 Å². The minimum Gasteiger partial charge on any atom is -0.391 e. The molecule has 6 nitrogen and oxygen atoms in total. The number of ketones is 1. The molecule has 0 amide bonds. The second kappa shape index (κ2) is 8.41. The maximum atomic E-state index is 13.0. The first-order valence-corrected chi connectivity index (χ1v) is 11.2. The van der Waals surface area contributed by atoms with Crippen LogP contribution in [0.2, 0.25) is 0 Å². The van der Waals surface area contributed by atoms with Gasteiger partial charge in [0, 0.05) is 60.0 Å². The zero-order valence-electron chi connectivity index (χ0n) is 17.6. The van der Waals surface area contributed by atoms with E-state index in [0.717, 1.165) is 21.5 Å². The van der Waals surface area contributed by atoms with Crippen molar-refractivity contribution in [1.29, 1.82) is 0 Å². The lowest BCUT2D eigenvalue weighted by Crippen LogP contribution is -2.55. The Morgan fingerprint density at radius 3 is 2.87 bits per heavy atom. The van der Waals surface area contributed by atoms with Gasteiger partial charge in [-0.15, -0.1) is 11.3 Å². The lowest BCUT2D eigenvalue weighted by molar-refractivity contribution is 0.0784. The number of thiophene rings is 1. The number of carbonyl (C=O) groups excluding carboxylic acids is 1. The Morgan fingerprint density at radius 2 is 2.13 bits per heavy atom. The summed E-state index contributed by atoms with van der Waals surface area (Å²) in [6, 6.07) is 7.49. The summed E-state index contributed by atoms with van der Waals surface area (Å²) in [5, 5.41) is 10.2. The van der Waals surface area contributed by atoms with E-state index in [1.807, 2.05) is 25.1 Å². The van der Waals surface area contributed by atoms with E-state index in [2.05, 4.69) is 34.8 Å². The average molecular weight is 425 g/mol. The Morgan fingerprint density at radius 1 is 1.33 bits per heavy atom. The summed E-state index contributed by atoms with van der Waals surface area (Å²) in [7, 11) is 0. The number of rotatable bonds is 5. The van der Waals surface area contributed by atoms with Gasteiger partial charge in [-0.25, -0.2) is 4.98 Å². The molecular weight excluding hydrogens is 396 g/mol. The van der Waals surface area contributed by atoms with Crippen molar-refractivity contribution < 1.29 is 9.90 Å². The molecule has 0 aromatic carbocycles. The molecular formula is C23H28N4O2S. The standard InChI is InChI=1S/C23H28N4O2S/c1-13(2)22-9-18-21(30-22)5-4-17(26-18)20(28)8-15-10-25-7-6-19(15)27-11-14(3)23(29)16(24)12-27/h4-7,9-10,13-14,16,23,29H,8,11-12,24H2,1-3H3/t14-,16+,23+/m0/s1. The fourth-order valence-corrected chi connectivity index (χ4v) is 5.03. The molecule has 3 N–H and O–H groups in total. The number of fused-ring (bicyclic) bond motifs is 1. The van der Waals surface area contributed by atoms with Crippen molar-refractivity contribution in [2.24, 2.45) is 11.7 Å². The Bertz CT molecular complexity index is 1050. The molecule has 0 radical (unpaired) electrons. The molecule has 1 saturated heterocycles. The molecule has 3 aromatic rings. The van der Waals surface area contributed by atoms with E-state index in [0.29, 0.717) is 24.7 Å². The largest absolute Gasteiger partial charge is 0.391 e. The molecule has 3 atom stereocenters. The van der Waals surface area contributed by atoms with Gasteiger partial charge in [0.1, 0.15) is 5.69 Å². The van der Waals surface area contributed by atoms with Gasteiger partial charge in [0.25, 0.3) is 0 Å². The van der Waals surface area contributed by atoms with Gasteiger partial charge in [0.15, 0.2) is 5.78 Å². The van der Waals surface area contributed by atoms with Crippen molar-refractivity contribution in [2.45, 2.75) is 45.3 Å². The van der Waals surface area contributed by atoms with Crippen LogP contribution in [0.1, 0.15) is 47.6 Å². The average Bonchev–Trinajstić information content (AvgIpc) is 3.16. The van der Waals surface area contributed by atoms with Gasteiger partial charge >= 0.3 is 0 Å². The molecule has 3 aromatic heterocycles. The second-order valence-corrected chi connectivity index (χ2v) is 9.64. The molecule has 0 spiro atoms. The quantitative estimate of drug-likeness (QED) is 0.610. The molecule has 30 heavy (non-hydrogen) atoms. The number of hydrogen-bond donors (Lipinski definition) is 2. The van der Waals surface area contributed by atoms with Gasteiger partial charge in [-0.2, -0.15) is 0 Å². The number of pyridine rings is 2. The molecule has 0 saturated carbocycles. The van der Waals surface area contributed by atoms with Gasteiger partial charge in [-0.1, -0.05) is 20.8 Å². The first kappa shape index (κ1) is 20.9. The van der Waals surface area contributed by atoms with Crippen LogP contribution in [0.4, 0.5) is 5.69 Å². The topological polar surface area (TPSA) is 92.3 Å². The van der Waals surface area contributed by atoms with Crippen LogP contribution in [0, 0.1) is 5.92 Å². The maximum absolute atomic E-state index is 13.0. The molecule has 4 heterocycles. The van der Waals surface area contributed by atoms with Crippen LogP contribution >= 0.6 is 11.3 Å². The first-order valence-electron chi connectivity index (χ1n) is 10.4. The summed E-state index contributed by atoms with van der Waals surface area (Å²) < 4.78 is 1.10. The molecule has 0 unspecified atom stereocenters. The third kappa shape index (κ3) is 4.10. The minimum atomic E-state index is -0.509. The highest BCUT2D eigenvalue weighted by Crippen LogP contribution is 2.30. The number of nitrogens with zero attached hydrogens (tertiary/aromatic N) is 3. The SMILES string of the molecule is CC(C)c1cc2nc(C(=O)Cc3cnccc3N3C[C@@H](N)[C@H](O)[C@@H](C)C3)ccc2s1. The summed E-state index contributed by atoms with van der Waals surface area (Å²) in [5.74, 6) is 0.472. The van der Waals surface area contributed by atoms with Crippen molar-refractivity contribution >= 4 is 33.0 Å². The first-order chi connectivity index (χ1) is 14.3. The Hall–Kier alpha value is -2.35. The van der Waals surface area contributed by atoms with E-state index >= 15 is 0 Å². The summed E-state index contributed by atoms with van der Waals surface area (Å²) in [6.45, 7) is 7.55. The van der Waals surface area contributed by atoms with Crippen LogP contribution in [0.25, 0.3) is 10.2 Å². The van der Waals surface area contributed by atoms with Crippen LogP contribution in [-0.4, -0.2) is 46.1 Å². The number of aliphatic hydroxyl groups is 1. The van der Waals surface area contributed by atoms with Gasteiger partial charge < -0.3 is 15.7 Å². The van der Waals surface area contributed by atoms with Crippen molar-refractivity contribution in [3.8, 4) is 0 Å². The third-order valence-corrected chi connectivity index (χ3v) is 7.17. The number of Topliss-reactive ketones (excluding diaryl/α,β-unsaturated/α-hetero) is 1. The zero-order valence-corrected chi connectivity index (χ0v) is 18.4. The minimum absolute atomic E-state index is 0.0298. The number of aromatic nitrogens is 2. The maximum Gasteiger partial charge on any atom is 0.185 e. The van der Waals surface area contributed by atoms with E-state index in [9.17, 15) is 9.90 Å². The van der Waals surface area contributed by atoms with Crippen LogP contribution in [-0.2, 0) is 6.42 Å². The number of hydrogen-bond acceptors (Lipinski definition) is 7. The highest BCUT2D eigenvalue weighted by molar-refractivity contribution is 7.19. The van der Waals surface area contributed by atoms with Crippen molar-refractivity contribution in [2.75, 3.05) is 18.0 Å². The Balaban J connectivity index is 1.57. The smallest absolute Gasteiger partial charge is 0.185 e. The van der Waals surface area contributed by atoms with Gasteiger partial charge in [0.2, 0.25) is 0 Å². The fraction of sp³-hybridized carbons (Fsp3) is 0.435. The van der Waals surface area contributed by atoms with E-state index in [4.69, 9.17) is 5.73 Å². The van der Waals surface area contributed by atoms with Gasteiger partial charge in [-0.05, 0) is 30.2 Å². The Labute approximate surface area is 180 Å². The summed E-state index contributed by atoms with van der Waals surface area (Å²) >= 11 is 1.73. The van der Waals surface area contributed by atoms with E-state index in [1.54, 1.807) is 23.7 Å². The van der Waals surface area contributed by atoms with Crippen molar-refractivity contribution in [1.82, 2.24) is 9.97 Å². The molecule has 4 rings (SSSR count). The molecule has 0 aliphatic carbocycles. The highest BCUT2D eigenvalue weighted by Gasteiger charge is 2.31. The van der Waals surface area contributed by atoms with Gasteiger partial charge in [-0.3, -0.25) is 9.78 Å². The predicted molar refractivity (Wildman–Crippen MR) is 121 cm³/mol. The number of piperidine rings is 1. The lowest BCUT2D eigenvalue weighted by Gasteiger charge is -2.40. The van der Waals surface area contributed by atoms with E-state index in [1.165, 1.54) is 4.88 Å². The molecule has 1 aliphatic heterocycles. The number of anilines is 1. The summed E-state index contributed by atoms with van der Waals surface area (Å²) in [6.07, 6.45) is 3.19. The highest BCUT2D eigenvalue weighted by atomic mass is 32.1. The fourth-order valence-electron chi connectivity index (χ4n) is 4.02.